The van der Waals surface area contributed by atoms with E-state index in [0.29, 0.717) is 17.2 Å². The molecule has 0 aliphatic carbocycles. The maximum Gasteiger partial charge on any atom is 0.262 e. The van der Waals surface area contributed by atoms with Gasteiger partial charge in [-0.05, 0) is 66.6 Å². The van der Waals surface area contributed by atoms with Gasteiger partial charge in [0, 0.05) is 11.4 Å². The van der Waals surface area contributed by atoms with Crippen LogP contribution in [-0.2, 0) is 15.3 Å². The van der Waals surface area contributed by atoms with Crippen LogP contribution in [0.4, 0.5) is 5.69 Å². The second-order valence-electron chi connectivity index (χ2n) is 7.31. The normalized spacial score (nSPS) is 11.6. The van der Waals surface area contributed by atoms with Crippen molar-refractivity contribution in [1.82, 2.24) is 5.43 Å². The predicted molar refractivity (Wildman–Crippen MR) is 136 cm³/mol. The Kier molecular flexibility index (Phi) is 9.54. The Bertz CT molecular complexity index is 1090. The minimum absolute atomic E-state index is 0.117. The molecule has 3 rings (SSSR count). The Balaban J connectivity index is 1.38. The number of hydrogen-bond acceptors (Lipinski definition) is 6. The number of nitrogens with zero attached hydrogens (tertiary/aromatic N) is 1. The first kappa shape index (κ1) is 24.9. The molecule has 2 amide bonds. The zero-order valence-corrected chi connectivity index (χ0v) is 19.9. The fraction of sp³-hybridized carbons (Fsp3) is 0.192. The van der Waals surface area contributed by atoms with Crippen LogP contribution in [-0.4, -0.2) is 37.0 Å². The molecule has 1 atom stereocenters. The van der Waals surface area contributed by atoms with Gasteiger partial charge in [-0.1, -0.05) is 30.3 Å². The zero-order chi connectivity index (χ0) is 24.2. The van der Waals surface area contributed by atoms with Crippen molar-refractivity contribution in [3.8, 4) is 11.5 Å². The van der Waals surface area contributed by atoms with Crippen LogP contribution < -0.4 is 20.2 Å². The van der Waals surface area contributed by atoms with E-state index in [1.54, 1.807) is 73.6 Å². The number of methoxy groups -OCH3 is 1. The molecule has 3 aromatic rings. The maximum absolute atomic E-state index is 12.2. The van der Waals surface area contributed by atoms with Gasteiger partial charge in [-0.15, -0.1) is 11.8 Å². The number of carbonyl (C=O) groups is 2. The molecule has 0 saturated heterocycles. The van der Waals surface area contributed by atoms with Crippen LogP contribution in [0.2, 0.25) is 0 Å². The monoisotopic (exact) mass is 477 g/mol. The van der Waals surface area contributed by atoms with Crippen molar-refractivity contribution in [1.29, 1.82) is 0 Å². The molecule has 2 N–H and O–H groups in total. The van der Waals surface area contributed by atoms with Crippen LogP contribution in [0.3, 0.4) is 0 Å². The van der Waals surface area contributed by atoms with Gasteiger partial charge < -0.3 is 14.8 Å². The van der Waals surface area contributed by atoms with E-state index in [1.807, 2.05) is 37.3 Å². The molecule has 7 nitrogen and oxygen atoms in total. The van der Waals surface area contributed by atoms with Crippen molar-refractivity contribution in [3.63, 3.8) is 0 Å². The lowest BCUT2D eigenvalue weighted by Crippen LogP contribution is -2.26. The molecule has 3 aromatic carbocycles. The largest absolute Gasteiger partial charge is 0.497 e. The second kappa shape index (κ2) is 13.1. The molecule has 0 spiro atoms. The van der Waals surface area contributed by atoms with Gasteiger partial charge in [0.2, 0.25) is 0 Å². The first-order chi connectivity index (χ1) is 16.5. The molecule has 0 unspecified atom stereocenters. The van der Waals surface area contributed by atoms with Gasteiger partial charge in [-0.3, -0.25) is 9.59 Å². The SMILES string of the molecule is COc1ccc(NC(=O)COc2ccc(/C=N\NC(=O)[C@H](C)SCc3ccccc3)cc2)cc1. The van der Waals surface area contributed by atoms with E-state index in [-0.39, 0.29) is 23.7 Å². The molecule has 0 fully saturated rings. The minimum atomic E-state index is -0.266. The summed E-state index contributed by atoms with van der Waals surface area (Å²) in [5, 5.41) is 6.56. The Morgan fingerprint density at radius 3 is 2.32 bits per heavy atom. The van der Waals surface area contributed by atoms with Crippen LogP contribution in [0.25, 0.3) is 0 Å². The lowest BCUT2D eigenvalue weighted by Gasteiger charge is -2.09. The summed E-state index contributed by atoms with van der Waals surface area (Å²) in [6, 6.07) is 24.1. The van der Waals surface area contributed by atoms with Crippen molar-refractivity contribution < 1.29 is 19.1 Å². The Morgan fingerprint density at radius 1 is 0.971 bits per heavy atom. The van der Waals surface area contributed by atoms with E-state index in [1.165, 1.54) is 5.56 Å². The lowest BCUT2D eigenvalue weighted by molar-refractivity contribution is -0.120. The topological polar surface area (TPSA) is 89.0 Å². The molecule has 34 heavy (non-hydrogen) atoms. The van der Waals surface area contributed by atoms with Crippen LogP contribution in [0.15, 0.2) is 84.0 Å². The van der Waals surface area contributed by atoms with Gasteiger partial charge in [-0.25, -0.2) is 5.43 Å². The number of hydrazone groups is 1. The number of carbonyl (C=O) groups excluding carboxylic acids is 2. The lowest BCUT2D eigenvalue weighted by atomic mass is 10.2. The summed E-state index contributed by atoms with van der Waals surface area (Å²) in [7, 11) is 1.59. The third-order valence-electron chi connectivity index (χ3n) is 4.72. The first-order valence-corrected chi connectivity index (χ1v) is 11.7. The van der Waals surface area contributed by atoms with E-state index in [9.17, 15) is 9.59 Å². The van der Waals surface area contributed by atoms with Gasteiger partial charge in [0.25, 0.3) is 11.8 Å². The molecular formula is C26H27N3O4S. The van der Waals surface area contributed by atoms with Crippen LogP contribution >= 0.6 is 11.8 Å². The molecular weight excluding hydrogens is 450 g/mol. The molecule has 0 aromatic heterocycles. The number of nitrogens with one attached hydrogen (secondary N) is 2. The minimum Gasteiger partial charge on any atom is -0.497 e. The van der Waals surface area contributed by atoms with Crippen LogP contribution in [0.5, 0.6) is 11.5 Å². The number of anilines is 1. The van der Waals surface area contributed by atoms with Crippen molar-refractivity contribution >= 4 is 35.5 Å². The van der Waals surface area contributed by atoms with Gasteiger partial charge in [0.1, 0.15) is 11.5 Å². The van der Waals surface area contributed by atoms with Crippen molar-refractivity contribution in [2.75, 3.05) is 19.0 Å². The van der Waals surface area contributed by atoms with Gasteiger partial charge in [0.15, 0.2) is 6.61 Å². The maximum atomic E-state index is 12.2. The van der Waals surface area contributed by atoms with Crippen molar-refractivity contribution in [2.24, 2.45) is 5.10 Å². The zero-order valence-electron chi connectivity index (χ0n) is 19.1. The van der Waals surface area contributed by atoms with Gasteiger partial charge in [-0.2, -0.15) is 5.10 Å². The summed E-state index contributed by atoms with van der Waals surface area (Å²) in [6.45, 7) is 1.74. The molecule has 0 aliphatic heterocycles. The van der Waals surface area contributed by atoms with E-state index in [2.05, 4.69) is 15.8 Å². The van der Waals surface area contributed by atoms with Crippen LogP contribution in [0, 0.1) is 0 Å². The third-order valence-corrected chi connectivity index (χ3v) is 5.94. The highest BCUT2D eigenvalue weighted by Crippen LogP contribution is 2.18. The summed E-state index contributed by atoms with van der Waals surface area (Å²) in [4.78, 5) is 24.3. The standard InChI is InChI=1S/C26H27N3O4S/c1-19(34-18-21-6-4-3-5-7-21)26(31)29-27-16-20-8-12-24(13-9-20)33-17-25(30)28-22-10-14-23(32-2)15-11-22/h3-16,19H,17-18H2,1-2H3,(H,28,30)(H,29,31)/b27-16-/t19-/m0/s1. The number of ether oxygens (including phenoxy) is 2. The summed E-state index contributed by atoms with van der Waals surface area (Å²) in [5.41, 5.74) is 5.20. The molecule has 0 bridgehead atoms. The Labute approximate surface area is 203 Å². The molecule has 0 aliphatic rings. The third kappa shape index (κ3) is 8.29. The van der Waals surface area contributed by atoms with E-state index in [4.69, 9.17) is 9.47 Å². The highest BCUT2D eigenvalue weighted by molar-refractivity contribution is 7.99. The van der Waals surface area contributed by atoms with E-state index < -0.39 is 0 Å². The average molecular weight is 478 g/mol. The molecule has 0 radical (unpaired) electrons. The van der Waals surface area contributed by atoms with E-state index in [0.717, 1.165) is 11.3 Å². The molecule has 176 valence electrons. The predicted octanol–water partition coefficient (Wildman–Crippen LogP) is 4.48. The van der Waals surface area contributed by atoms with Crippen LogP contribution in [0.1, 0.15) is 18.1 Å². The Hall–Kier alpha value is -3.78. The molecule has 0 heterocycles. The van der Waals surface area contributed by atoms with Crippen molar-refractivity contribution in [3.05, 3.63) is 90.0 Å². The number of thioether (sulfide) groups is 1. The quantitative estimate of drug-likeness (QED) is 0.314. The first-order valence-electron chi connectivity index (χ1n) is 10.7. The highest BCUT2D eigenvalue weighted by atomic mass is 32.2. The summed E-state index contributed by atoms with van der Waals surface area (Å²) >= 11 is 1.55. The van der Waals surface area contributed by atoms with Gasteiger partial charge in [0.05, 0.1) is 18.6 Å². The van der Waals surface area contributed by atoms with E-state index >= 15 is 0 Å². The smallest absolute Gasteiger partial charge is 0.262 e. The highest BCUT2D eigenvalue weighted by Gasteiger charge is 2.12. The summed E-state index contributed by atoms with van der Waals surface area (Å²) < 4.78 is 10.6. The van der Waals surface area contributed by atoms with Crippen molar-refractivity contribution in [2.45, 2.75) is 17.9 Å². The average Bonchev–Trinajstić information content (AvgIpc) is 2.87. The fourth-order valence-corrected chi connectivity index (χ4v) is 3.64. The molecule has 0 saturated carbocycles. The fourth-order valence-electron chi connectivity index (χ4n) is 2.80. The summed E-state index contributed by atoms with van der Waals surface area (Å²) in [5.74, 6) is 1.61. The molecule has 8 heteroatoms. The second-order valence-corrected chi connectivity index (χ2v) is 8.64. The number of amides is 2. The summed E-state index contributed by atoms with van der Waals surface area (Å²) in [6.07, 6.45) is 1.56. The number of hydrogen-bond donors (Lipinski definition) is 2. The van der Waals surface area contributed by atoms with Gasteiger partial charge >= 0.3 is 0 Å². The number of rotatable bonds is 11. The Morgan fingerprint density at radius 2 is 1.65 bits per heavy atom. The number of benzene rings is 3.